The number of rotatable bonds is 7. The molecular formula is C18H21NO2. The van der Waals surface area contributed by atoms with Gasteiger partial charge < -0.3 is 14.0 Å². The van der Waals surface area contributed by atoms with E-state index >= 15 is 0 Å². The minimum Gasteiger partial charge on any atom is -0.379 e. The molecule has 1 heterocycles. The van der Waals surface area contributed by atoms with Crippen molar-refractivity contribution in [2.45, 2.75) is 13.5 Å². The molecule has 0 radical (unpaired) electrons. The Labute approximate surface area is 125 Å². The molecule has 1 aromatic heterocycles. The van der Waals surface area contributed by atoms with Crippen molar-refractivity contribution in [2.24, 2.45) is 0 Å². The summed E-state index contributed by atoms with van der Waals surface area (Å²) in [5.74, 6) is 0. The number of nitrogens with zero attached hydrogens (tertiary/aromatic N) is 1. The molecule has 3 heteroatoms. The van der Waals surface area contributed by atoms with Crippen LogP contribution in [0.5, 0.6) is 0 Å². The molecule has 3 aromatic rings. The van der Waals surface area contributed by atoms with Crippen molar-refractivity contribution in [2.75, 3.05) is 26.4 Å². The molecule has 0 aliphatic carbocycles. The predicted molar refractivity (Wildman–Crippen MR) is 86.8 cm³/mol. The molecule has 0 aliphatic heterocycles. The fraction of sp³-hybridized carbons (Fsp3) is 0.333. The summed E-state index contributed by atoms with van der Waals surface area (Å²) in [6.07, 6.45) is 0. The van der Waals surface area contributed by atoms with Gasteiger partial charge in [0.05, 0.1) is 19.8 Å². The van der Waals surface area contributed by atoms with Crippen LogP contribution in [0.25, 0.3) is 21.8 Å². The quantitative estimate of drug-likeness (QED) is 0.615. The Morgan fingerprint density at radius 2 is 1.33 bits per heavy atom. The second-order valence-electron chi connectivity index (χ2n) is 5.00. The number of benzene rings is 2. The summed E-state index contributed by atoms with van der Waals surface area (Å²) in [5, 5.41) is 2.62. The first kappa shape index (κ1) is 14.1. The third-order valence-electron chi connectivity index (χ3n) is 3.72. The lowest BCUT2D eigenvalue weighted by Gasteiger charge is -2.08. The van der Waals surface area contributed by atoms with Crippen molar-refractivity contribution in [3.8, 4) is 0 Å². The molecule has 0 fully saturated rings. The molecule has 0 spiro atoms. The minimum absolute atomic E-state index is 0.658. The summed E-state index contributed by atoms with van der Waals surface area (Å²) in [4.78, 5) is 0. The first-order valence-electron chi connectivity index (χ1n) is 7.53. The molecule has 3 rings (SSSR count). The highest BCUT2D eigenvalue weighted by Crippen LogP contribution is 2.28. The maximum Gasteiger partial charge on any atom is 0.0701 e. The van der Waals surface area contributed by atoms with Gasteiger partial charge in [0.25, 0.3) is 0 Å². The number of para-hydroxylation sites is 2. The van der Waals surface area contributed by atoms with Gasteiger partial charge in [0.15, 0.2) is 0 Å². The Balaban J connectivity index is 1.80. The number of aromatic nitrogens is 1. The van der Waals surface area contributed by atoms with Gasteiger partial charge in [-0.25, -0.2) is 0 Å². The summed E-state index contributed by atoms with van der Waals surface area (Å²) in [6.45, 7) is 5.64. The lowest BCUT2D eigenvalue weighted by molar-refractivity contribution is 0.0503. The zero-order valence-corrected chi connectivity index (χ0v) is 12.4. The first-order chi connectivity index (χ1) is 10.4. The van der Waals surface area contributed by atoms with Crippen LogP contribution in [0, 0.1) is 0 Å². The van der Waals surface area contributed by atoms with E-state index in [-0.39, 0.29) is 0 Å². The van der Waals surface area contributed by atoms with E-state index in [2.05, 4.69) is 53.1 Å². The van der Waals surface area contributed by atoms with Crippen LogP contribution in [0.15, 0.2) is 48.5 Å². The second-order valence-corrected chi connectivity index (χ2v) is 5.00. The Hall–Kier alpha value is -1.84. The maximum atomic E-state index is 5.66. The number of fused-ring (bicyclic) bond motifs is 3. The standard InChI is InChI=1S/C18H21NO2/c1-2-20-13-14-21-12-11-19-17-9-5-3-7-15(17)16-8-4-6-10-18(16)19/h3-10H,2,11-14H2,1H3. The summed E-state index contributed by atoms with van der Waals surface area (Å²) >= 11 is 0. The van der Waals surface area contributed by atoms with E-state index in [1.54, 1.807) is 0 Å². The highest BCUT2D eigenvalue weighted by atomic mass is 16.5. The lowest BCUT2D eigenvalue weighted by Crippen LogP contribution is -2.09. The SMILES string of the molecule is CCOCCOCCn1c2ccccc2c2ccccc21. The van der Waals surface area contributed by atoms with Crippen LogP contribution in [0.3, 0.4) is 0 Å². The van der Waals surface area contributed by atoms with Gasteiger partial charge >= 0.3 is 0 Å². The van der Waals surface area contributed by atoms with Gasteiger partial charge in [0, 0.05) is 35.0 Å². The highest BCUT2D eigenvalue weighted by Gasteiger charge is 2.08. The van der Waals surface area contributed by atoms with Gasteiger partial charge in [-0.15, -0.1) is 0 Å². The Morgan fingerprint density at radius 1 is 0.762 bits per heavy atom. The van der Waals surface area contributed by atoms with Crippen LogP contribution in [-0.4, -0.2) is 31.0 Å². The smallest absolute Gasteiger partial charge is 0.0701 e. The second kappa shape index (κ2) is 6.74. The average Bonchev–Trinajstić information content (AvgIpc) is 2.85. The molecule has 0 bridgehead atoms. The van der Waals surface area contributed by atoms with Gasteiger partial charge in [0.2, 0.25) is 0 Å². The van der Waals surface area contributed by atoms with Gasteiger partial charge in [-0.3, -0.25) is 0 Å². The third kappa shape index (κ3) is 2.94. The Morgan fingerprint density at radius 3 is 1.95 bits per heavy atom. The van der Waals surface area contributed by atoms with E-state index in [0.717, 1.165) is 13.2 Å². The van der Waals surface area contributed by atoms with Crippen LogP contribution in [0.4, 0.5) is 0 Å². The monoisotopic (exact) mass is 283 g/mol. The van der Waals surface area contributed by atoms with Gasteiger partial charge in [-0.2, -0.15) is 0 Å². The topological polar surface area (TPSA) is 23.4 Å². The number of ether oxygens (including phenoxy) is 2. The van der Waals surface area contributed by atoms with E-state index in [1.807, 2.05) is 6.92 Å². The third-order valence-corrected chi connectivity index (χ3v) is 3.72. The van der Waals surface area contributed by atoms with Crippen LogP contribution < -0.4 is 0 Å². The van der Waals surface area contributed by atoms with E-state index < -0.39 is 0 Å². The van der Waals surface area contributed by atoms with Crippen LogP contribution in [-0.2, 0) is 16.0 Å². The van der Waals surface area contributed by atoms with Crippen molar-refractivity contribution in [1.29, 1.82) is 0 Å². The van der Waals surface area contributed by atoms with Gasteiger partial charge in [-0.05, 0) is 19.1 Å². The van der Waals surface area contributed by atoms with E-state index in [4.69, 9.17) is 9.47 Å². The molecule has 0 N–H and O–H groups in total. The summed E-state index contributed by atoms with van der Waals surface area (Å²) in [6, 6.07) is 17.1. The zero-order valence-electron chi connectivity index (χ0n) is 12.4. The summed E-state index contributed by atoms with van der Waals surface area (Å²) in [7, 11) is 0. The molecule has 0 unspecified atom stereocenters. The Kier molecular flexibility index (Phi) is 4.53. The molecule has 0 saturated carbocycles. The first-order valence-corrected chi connectivity index (χ1v) is 7.53. The molecule has 2 aromatic carbocycles. The molecule has 0 atom stereocenters. The van der Waals surface area contributed by atoms with Crippen molar-refractivity contribution in [3.63, 3.8) is 0 Å². The molecule has 0 aliphatic rings. The lowest BCUT2D eigenvalue weighted by atomic mass is 10.2. The largest absolute Gasteiger partial charge is 0.379 e. The molecule has 110 valence electrons. The summed E-state index contributed by atoms with van der Waals surface area (Å²) in [5.41, 5.74) is 2.54. The highest BCUT2D eigenvalue weighted by molar-refractivity contribution is 6.07. The van der Waals surface area contributed by atoms with Gasteiger partial charge in [-0.1, -0.05) is 36.4 Å². The van der Waals surface area contributed by atoms with Gasteiger partial charge in [0.1, 0.15) is 0 Å². The van der Waals surface area contributed by atoms with Crippen molar-refractivity contribution >= 4 is 21.8 Å². The number of hydrogen-bond acceptors (Lipinski definition) is 2. The van der Waals surface area contributed by atoms with E-state index in [9.17, 15) is 0 Å². The van der Waals surface area contributed by atoms with Crippen LogP contribution >= 0.6 is 0 Å². The zero-order chi connectivity index (χ0) is 14.5. The molecule has 3 nitrogen and oxygen atoms in total. The average molecular weight is 283 g/mol. The number of hydrogen-bond donors (Lipinski definition) is 0. The predicted octanol–water partition coefficient (Wildman–Crippen LogP) is 3.85. The molecule has 0 amide bonds. The van der Waals surface area contributed by atoms with Crippen molar-refractivity contribution in [3.05, 3.63) is 48.5 Å². The molecular weight excluding hydrogens is 262 g/mol. The fourth-order valence-electron chi connectivity index (χ4n) is 2.76. The van der Waals surface area contributed by atoms with Crippen LogP contribution in [0.1, 0.15) is 6.92 Å². The normalized spacial score (nSPS) is 11.5. The maximum absolute atomic E-state index is 5.66. The summed E-state index contributed by atoms with van der Waals surface area (Å²) < 4.78 is 13.3. The van der Waals surface area contributed by atoms with E-state index in [0.29, 0.717) is 19.8 Å². The Bertz CT molecular complexity index is 664. The van der Waals surface area contributed by atoms with Crippen LogP contribution in [0.2, 0.25) is 0 Å². The molecule has 0 saturated heterocycles. The molecule has 21 heavy (non-hydrogen) atoms. The minimum atomic E-state index is 0.658. The van der Waals surface area contributed by atoms with Crippen molar-refractivity contribution in [1.82, 2.24) is 4.57 Å². The fourth-order valence-corrected chi connectivity index (χ4v) is 2.76. The van der Waals surface area contributed by atoms with E-state index in [1.165, 1.54) is 21.8 Å². The van der Waals surface area contributed by atoms with Crippen molar-refractivity contribution < 1.29 is 9.47 Å².